The quantitative estimate of drug-likeness (QED) is 0.472. The van der Waals surface area contributed by atoms with E-state index in [4.69, 9.17) is 0 Å². The van der Waals surface area contributed by atoms with Crippen molar-refractivity contribution in [1.82, 2.24) is 4.72 Å². The molecule has 0 fully saturated rings. The molecule has 1 aromatic carbocycles. The van der Waals surface area contributed by atoms with Crippen LogP contribution in [-0.4, -0.2) is 19.4 Å². The Morgan fingerprint density at radius 3 is 2.53 bits per heavy atom. The van der Waals surface area contributed by atoms with Gasteiger partial charge in [0.2, 0.25) is 10.0 Å². The van der Waals surface area contributed by atoms with E-state index in [1.165, 1.54) is 0 Å². The maximum Gasteiger partial charge on any atom is 0.243 e. The molecule has 3 nitrogen and oxygen atoms in total. The van der Waals surface area contributed by atoms with E-state index in [0.717, 1.165) is 23.0 Å². The minimum atomic E-state index is -3.88. The number of halogens is 3. The molecule has 1 rings (SSSR count). The molecule has 1 N–H and O–H groups in total. The van der Waals surface area contributed by atoms with Crippen LogP contribution in [0.4, 0.5) is 8.78 Å². The van der Waals surface area contributed by atoms with Crippen molar-refractivity contribution in [3.05, 3.63) is 29.8 Å². The van der Waals surface area contributed by atoms with Crippen molar-refractivity contribution in [2.75, 3.05) is 11.0 Å². The van der Waals surface area contributed by atoms with Crippen molar-refractivity contribution in [3.63, 3.8) is 0 Å². The Morgan fingerprint density at radius 2 is 1.94 bits per heavy atom. The first-order valence-corrected chi connectivity index (χ1v) is 7.99. The third-order valence-corrected chi connectivity index (χ3v) is 4.29. The smallest absolute Gasteiger partial charge is 0.211 e. The Labute approximate surface area is 113 Å². The first-order chi connectivity index (χ1) is 7.97. The number of alkyl halides is 1. The van der Waals surface area contributed by atoms with E-state index in [9.17, 15) is 17.2 Å². The van der Waals surface area contributed by atoms with Crippen LogP contribution in [0.5, 0.6) is 0 Å². The molecule has 0 spiro atoms. The topological polar surface area (TPSA) is 46.2 Å². The van der Waals surface area contributed by atoms with Gasteiger partial charge in [-0.25, -0.2) is 21.9 Å². The minimum absolute atomic E-state index is 0.252. The van der Waals surface area contributed by atoms with Gasteiger partial charge in [-0.2, -0.15) is 0 Å². The molecule has 7 heteroatoms. The van der Waals surface area contributed by atoms with Gasteiger partial charge < -0.3 is 0 Å². The Bertz CT molecular complexity index is 479. The van der Waals surface area contributed by atoms with E-state index in [-0.39, 0.29) is 6.54 Å². The fourth-order valence-corrected chi connectivity index (χ4v) is 2.87. The molecule has 0 aliphatic carbocycles. The summed E-state index contributed by atoms with van der Waals surface area (Å²) in [4.78, 5) is -0.520. The van der Waals surface area contributed by atoms with Gasteiger partial charge in [0.15, 0.2) is 0 Å². The second-order valence-electron chi connectivity index (χ2n) is 3.37. The molecule has 0 aliphatic heterocycles. The highest BCUT2D eigenvalue weighted by atomic mass is 127. The largest absolute Gasteiger partial charge is 0.243 e. The summed E-state index contributed by atoms with van der Waals surface area (Å²) in [6, 6.07) is 2.40. The van der Waals surface area contributed by atoms with Gasteiger partial charge in [0.25, 0.3) is 0 Å². The van der Waals surface area contributed by atoms with Crippen molar-refractivity contribution in [2.45, 2.75) is 17.7 Å². The van der Waals surface area contributed by atoms with Gasteiger partial charge in [-0.1, -0.05) is 22.6 Å². The van der Waals surface area contributed by atoms with Crippen molar-refractivity contribution in [1.29, 1.82) is 0 Å². The van der Waals surface area contributed by atoms with Crippen molar-refractivity contribution >= 4 is 32.6 Å². The van der Waals surface area contributed by atoms with Crippen LogP contribution in [0.1, 0.15) is 12.8 Å². The Balaban J connectivity index is 2.76. The first-order valence-electron chi connectivity index (χ1n) is 4.98. The predicted octanol–water partition coefficient (Wildman–Crippen LogP) is 2.46. The van der Waals surface area contributed by atoms with Crippen molar-refractivity contribution in [2.24, 2.45) is 0 Å². The number of benzene rings is 1. The summed E-state index contributed by atoms with van der Waals surface area (Å²) < 4.78 is 52.4. The van der Waals surface area contributed by atoms with Crippen LogP contribution in [0.15, 0.2) is 23.1 Å². The van der Waals surface area contributed by atoms with E-state index in [1.807, 2.05) is 0 Å². The van der Waals surface area contributed by atoms with E-state index < -0.39 is 26.6 Å². The van der Waals surface area contributed by atoms with Crippen LogP contribution in [0.25, 0.3) is 0 Å². The van der Waals surface area contributed by atoms with Gasteiger partial charge >= 0.3 is 0 Å². The monoisotopic (exact) mass is 375 g/mol. The molecule has 0 heterocycles. The maximum atomic E-state index is 13.3. The number of hydrogen-bond donors (Lipinski definition) is 1. The Morgan fingerprint density at radius 1 is 1.24 bits per heavy atom. The lowest BCUT2D eigenvalue weighted by atomic mass is 10.3. The summed E-state index contributed by atoms with van der Waals surface area (Å²) in [6.07, 6.45) is 1.57. The number of sulfonamides is 1. The fraction of sp³-hybridized carbons (Fsp3) is 0.400. The lowest BCUT2D eigenvalue weighted by molar-refractivity contribution is 0.542. The van der Waals surface area contributed by atoms with Crippen LogP contribution in [0, 0.1) is 11.6 Å². The zero-order valence-electron chi connectivity index (χ0n) is 8.92. The van der Waals surface area contributed by atoms with Crippen molar-refractivity contribution < 1.29 is 17.2 Å². The van der Waals surface area contributed by atoms with Crippen LogP contribution in [-0.2, 0) is 10.0 Å². The normalized spacial score (nSPS) is 11.7. The van der Waals surface area contributed by atoms with Crippen molar-refractivity contribution in [3.8, 4) is 0 Å². The molecule has 96 valence electrons. The van der Waals surface area contributed by atoms with Gasteiger partial charge in [-0.3, -0.25) is 0 Å². The molecular formula is C10H12F2INO2S. The molecule has 1 aromatic rings. The third kappa shape index (κ3) is 4.47. The average Bonchev–Trinajstić information content (AvgIpc) is 2.24. The lowest BCUT2D eigenvalue weighted by Gasteiger charge is -2.07. The zero-order chi connectivity index (χ0) is 12.9. The summed E-state index contributed by atoms with van der Waals surface area (Å²) >= 11 is 2.19. The van der Waals surface area contributed by atoms with E-state index >= 15 is 0 Å². The molecule has 0 atom stereocenters. The van der Waals surface area contributed by atoms with Crippen LogP contribution in [0.2, 0.25) is 0 Å². The van der Waals surface area contributed by atoms with Crippen LogP contribution >= 0.6 is 22.6 Å². The fourth-order valence-electron chi connectivity index (χ4n) is 1.20. The summed E-state index contributed by atoms with van der Waals surface area (Å²) in [5.41, 5.74) is 0. The number of nitrogens with one attached hydrogen (secondary N) is 1. The molecule has 0 unspecified atom stereocenters. The molecule has 0 bridgehead atoms. The second-order valence-corrected chi connectivity index (χ2v) is 6.18. The van der Waals surface area contributed by atoms with Gasteiger partial charge in [-0.05, 0) is 29.4 Å². The van der Waals surface area contributed by atoms with E-state index in [0.29, 0.717) is 12.5 Å². The summed E-state index contributed by atoms with van der Waals surface area (Å²) in [5, 5.41) is 0. The summed E-state index contributed by atoms with van der Waals surface area (Å²) in [7, 11) is -3.88. The molecule has 0 saturated carbocycles. The highest BCUT2D eigenvalue weighted by molar-refractivity contribution is 14.1. The number of hydrogen-bond acceptors (Lipinski definition) is 2. The zero-order valence-corrected chi connectivity index (χ0v) is 11.9. The molecular weight excluding hydrogens is 363 g/mol. The molecule has 0 aromatic heterocycles. The Kier molecular flexibility index (Phi) is 5.74. The standard InChI is InChI=1S/C10H12F2INO2S/c11-8-3-4-10(9(12)7-8)17(15,16)14-6-2-1-5-13/h3-4,7,14H,1-2,5-6H2. The average molecular weight is 375 g/mol. The van der Waals surface area contributed by atoms with E-state index in [2.05, 4.69) is 27.3 Å². The molecule has 0 radical (unpaired) electrons. The highest BCUT2D eigenvalue weighted by Gasteiger charge is 2.18. The third-order valence-electron chi connectivity index (χ3n) is 2.04. The van der Waals surface area contributed by atoms with Crippen LogP contribution in [0.3, 0.4) is 0 Å². The molecule has 0 saturated heterocycles. The number of unbranched alkanes of at least 4 members (excludes halogenated alkanes) is 1. The molecule has 0 aliphatic rings. The van der Waals surface area contributed by atoms with Gasteiger partial charge in [0.1, 0.15) is 16.5 Å². The first kappa shape index (κ1) is 14.8. The summed E-state index contributed by atoms with van der Waals surface area (Å²) in [6.45, 7) is 0.252. The van der Waals surface area contributed by atoms with Gasteiger partial charge in [0.05, 0.1) is 0 Å². The van der Waals surface area contributed by atoms with Gasteiger partial charge in [-0.15, -0.1) is 0 Å². The van der Waals surface area contributed by atoms with E-state index in [1.54, 1.807) is 0 Å². The maximum absolute atomic E-state index is 13.3. The lowest BCUT2D eigenvalue weighted by Crippen LogP contribution is -2.25. The second kappa shape index (κ2) is 6.60. The minimum Gasteiger partial charge on any atom is -0.211 e. The predicted molar refractivity (Wildman–Crippen MR) is 69.7 cm³/mol. The molecule has 17 heavy (non-hydrogen) atoms. The SMILES string of the molecule is O=S(=O)(NCCCCI)c1ccc(F)cc1F. The number of rotatable bonds is 6. The highest BCUT2D eigenvalue weighted by Crippen LogP contribution is 2.15. The summed E-state index contributed by atoms with van der Waals surface area (Å²) in [5.74, 6) is -1.88. The van der Waals surface area contributed by atoms with Gasteiger partial charge in [0, 0.05) is 12.6 Å². The Hall–Kier alpha value is -0.280. The molecule has 0 amide bonds. The van der Waals surface area contributed by atoms with Crippen LogP contribution < -0.4 is 4.72 Å².